The van der Waals surface area contributed by atoms with Gasteiger partial charge in [0.1, 0.15) is 5.76 Å². The highest BCUT2D eigenvalue weighted by Gasteiger charge is 2.14. The number of ether oxygens (including phenoxy) is 1. The van der Waals surface area contributed by atoms with E-state index in [-0.39, 0.29) is 5.97 Å². The first kappa shape index (κ1) is 13.3. The van der Waals surface area contributed by atoms with Crippen LogP contribution in [0.15, 0.2) is 66.0 Å². The molecule has 2 nitrogen and oxygen atoms in total. The molecule has 2 rings (SSSR count). The molecule has 1 aliphatic rings. The minimum atomic E-state index is -0.355. The maximum atomic E-state index is 11.6. The molecule has 98 valence electrons. The first-order valence-electron chi connectivity index (χ1n) is 6.47. The van der Waals surface area contributed by atoms with Crippen molar-refractivity contribution in [1.82, 2.24) is 0 Å². The fourth-order valence-electron chi connectivity index (χ4n) is 2.00. The van der Waals surface area contributed by atoms with Crippen molar-refractivity contribution in [3.63, 3.8) is 0 Å². The molecule has 0 N–H and O–H groups in total. The summed E-state index contributed by atoms with van der Waals surface area (Å²) in [5, 5.41) is 0. The second-order valence-electron chi connectivity index (χ2n) is 4.74. The van der Waals surface area contributed by atoms with Crippen LogP contribution in [0.2, 0.25) is 0 Å². The Morgan fingerprint density at radius 1 is 1.32 bits per heavy atom. The van der Waals surface area contributed by atoms with Crippen molar-refractivity contribution in [3.8, 4) is 0 Å². The smallest absolute Gasteiger partial charge is 0.338 e. The Bertz CT molecular complexity index is 536. The summed E-state index contributed by atoms with van der Waals surface area (Å²) in [6.07, 6.45) is 6.68. The Labute approximate surface area is 114 Å². The molecule has 0 bridgehead atoms. The number of benzene rings is 1. The molecule has 0 saturated carbocycles. The summed E-state index contributed by atoms with van der Waals surface area (Å²) in [4.78, 5) is 11.6. The molecule has 0 heterocycles. The van der Waals surface area contributed by atoms with Gasteiger partial charge in [0, 0.05) is 5.57 Å². The summed E-state index contributed by atoms with van der Waals surface area (Å²) < 4.78 is 5.39. The van der Waals surface area contributed by atoms with Gasteiger partial charge in [0.15, 0.2) is 0 Å². The lowest BCUT2D eigenvalue weighted by Gasteiger charge is -2.16. The van der Waals surface area contributed by atoms with Gasteiger partial charge in [-0.05, 0) is 43.4 Å². The van der Waals surface area contributed by atoms with Crippen LogP contribution in [-0.2, 0) is 16.0 Å². The van der Waals surface area contributed by atoms with Crippen molar-refractivity contribution in [1.29, 1.82) is 0 Å². The van der Waals surface area contributed by atoms with Gasteiger partial charge >= 0.3 is 5.97 Å². The van der Waals surface area contributed by atoms with Crippen LogP contribution in [-0.4, -0.2) is 5.97 Å². The predicted molar refractivity (Wildman–Crippen MR) is 76.5 cm³/mol. The minimum absolute atomic E-state index is 0.355. The molecule has 1 aromatic rings. The van der Waals surface area contributed by atoms with Crippen molar-refractivity contribution < 1.29 is 9.53 Å². The van der Waals surface area contributed by atoms with Crippen LogP contribution in [0.4, 0.5) is 0 Å². The van der Waals surface area contributed by atoms with E-state index in [2.05, 4.69) is 18.7 Å². The van der Waals surface area contributed by atoms with E-state index in [1.54, 1.807) is 6.92 Å². The van der Waals surface area contributed by atoms with E-state index in [4.69, 9.17) is 4.74 Å². The zero-order valence-electron chi connectivity index (χ0n) is 11.2. The summed E-state index contributed by atoms with van der Waals surface area (Å²) in [6.45, 7) is 5.27. The lowest BCUT2D eigenvalue weighted by molar-refractivity contribution is -0.134. The molecule has 0 aromatic heterocycles. The molecule has 0 saturated heterocycles. The van der Waals surface area contributed by atoms with Crippen LogP contribution in [0.5, 0.6) is 0 Å². The third-order valence-corrected chi connectivity index (χ3v) is 3.04. The first-order valence-corrected chi connectivity index (χ1v) is 6.47. The van der Waals surface area contributed by atoms with Crippen LogP contribution in [0, 0.1) is 0 Å². The Balaban J connectivity index is 2.18. The van der Waals surface area contributed by atoms with Crippen LogP contribution >= 0.6 is 0 Å². The average molecular weight is 254 g/mol. The van der Waals surface area contributed by atoms with Crippen molar-refractivity contribution in [2.24, 2.45) is 0 Å². The Morgan fingerprint density at radius 3 is 2.74 bits per heavy atom. The number of hydrogen-bond acceptors (Lipinski definition) is 2. The monoisotopic (exact) mass is 254 g/mol. The van der Waals surface area contributed by atoms with Gasteiger partial charge in [0.05, 0.1) is 0 Å². The quantitative estimate of drug-likeness (QED) is 0.600. The lowest BCUT2D eigenvalue weighted by Crippen LogP contribution is -2.08. The van der Waals surface area contributed by atoms with Crippen LogP contribution < -0.4 is 0 Å². The third-order valence-electron chi connectivity index (χ3n) is 3.04. The zero-order valence-corrected chi connectivity index (χ0v) is 11.2. The Morgan fingerprint density at radius 2 is 2.05 bits per heavy atom. The van der Waals surface area contributed by atoms with Gasteiger partial charge in [0.25, 0.3) is 0 Å². The van der Waals surface area contributed by atoms with Gasteiger partial charge in [-0.25, -0.2) is 4.79 Å². The van der Waals surface area contributed by atoms with Crippen molar-refractivity contribution in [2.45, 2.75) is 26.2 Å². The number of esters is 1. The maximum absolute atomic E-state index is 11.6. The normalized spacial score (nSPS) is 14.4. The predicted octanol–water partition coefficient (Wildman–Crippen LogP) is 3.95. The first-order chi connectivity index (χ1) is 9.16. The average Bonchev–Trinajstić information content (AvgIpc) is 2.42. The second-order valence-corrected chi connectivity index (χ2v) is 4.74. The second kappa shape index (κ2) is 6.19. The van der Waals surface area contributed by atoms with E-state index >= 15 is 0 Å². The molecular formula is C17H18O2. The zero-order chi connectivity index (χ0) is 13.7. The number of carbonyl (C=O) groups excluding carboxylic acids is 1. The SMILES string of the molecule is C=C(C)C(=O)OC1=C(Cc2ccccc2)CCC=C1. The Hall–Kier alpha value is -2.09. The summed E-state index contributed by atoms with van der Waals surface area (Å²) >= 11 is 0. The Kier molecular flexibility index (Phi) is 4.35. The topological polar surface area (TPSA) is 26.3 Å². The highest BCUT2D eigenvalue weighted by Crippen LogP contribution is 2.24. The molecule has 2 heteroatoms. The number of allylic oxidation sites excluding steroid dienone is 3. The summed E-state index contributed by atoms with van der Waals surface area (Å²) in [6, 6.07) is 10.2. The molecule has 19 heavy (non-hydrogen) atoms. The number of carbonyl (C=O) groups is 1. The molecule has 0 radical (unpaired) electrons. The molecule has 0 fully saturated rings. The van der Waals surface area contributed by atoms with Gasteiger partial charge in [-0.15, -0.1) is 0 Å². The summed E-state index contributed by atoms with van der Waals surface area (Å²) in [7, 11) is 0. The molecule has 0 unspecified atom stereocenters. The van der Waals surface area contributed by atoms with Gasteiger partial charge in [-0.1, -0.05) is 43.0 Å². The minimum Gasteiger partial charge on any atom is -0.423 e. The fourth-order valence-corrected chi connectivity index (χ4v) is 2.00. The van der Waals surface area contributed by atoms with E-state index in [0.29, 0.717) is 11.3 Å². The van der Waals surface area contributed by atoms with Gasteiger partial charge in [-0.2, -0.15) is 0 Å². The van der Waals surface area contributed by atoms with E-state index in [0.717, 1.165) is 19.3 Å². The van der Waals surface area contributed by atoms with E-state index in [9.17, 15) is 4.79 Å². The van der Waals surface area contributed by atoms with Crippen LogP contribution in [0.1, 0.15) is 25.3 Å². The molecule has 0 atom stereocenters. The van der Waals surface area contributed by atoms with Crippen molar-refractivity contribution >= 4 is 5.97 Å². The van der Waals surface area contributed by atoms with Crippen molar-refractivity contribution in [2.75, 3.05) is 0 Å². The number of hydrogen-bond donors (Lipinski definition) is 0. The molecule has 0 aliphatic heterocycles. The summed E-state index contributed by atoms with van der Waals surface area (Å²) in [5.74, 6) is 0.329. The summed E-state index contributed by atoms with van der Waals surface area (Å²) in [5.41, 5.74) is 2.82. The third kappa shape index (κ3) is 3.68. The standard InChI is InChI=1S/C17H18O2/c1-13(2)17(18)19-16-11-7-6-10-15(16)12-14-8-4-3-5-9-14/h3-5,7-9,11H,1,6,10,12H2,2H3. The largest absolute Gasteiger partial charge is 0.423 e. The lowest BCUT2D eigenvalue weighted by atomic mass is 9.96. The highest BCUT2D eigenvalue weighted by molar-refractivity contribution is 5.88. The molecular weight excluding hydrogens is 236 g/mol. The van der Waals surface area contributed by atoms with E-state index in [1.807, 2.05) is 30.4 Å². The van der Waals surface area contributed by atoms with E-state index < -0.39 is 0 Å². The number of rotatable bonds is 4. The van der Waals surface area contributed by atoms with Gasteiger partial charge < -0.3 is 4.74 Å². The van der Waals surface area contributed by atoms with Gasteiger partial charge in [0.2, 0.25) is 0 Å². The molecule has 1 aromatic carbocycles. The fraction of sp³-hybridized carbons (Fsp3) is 0.235. The van der Waals surface area contributed by atoms with Crippen LogP contribution in [0.3, 0.4) is 0 Å². The van der Waals surface area contributed by atoms with Crippen LogP contribution in [0.25, 0.3) is 0 Å². The molecule has 1 aliphatic carbocycles. The molecule has 0 spiro atoms. The molecule has 0 amide bonds. The van der Waals surface area contributed by atoms with E-state index in [1.165, 1.54) is 11.1 Å². The maximum Gasteiger partial charge on any atom is 0.338 e. The van der Waals surface area contributed by atoms with Gasteiger partial charge in [-0.3, -0.25) is 0 Å². The highest BCUT2D eigenvalue weighted by atomic mass is 16.5. The van der Waals surface area contributed by atoms with Crippen molar-refractivity contribution in [3.05, 3.63) is 71.5 Å².